The van der Waals surface area contributed by atoms with Crippen molar-refractivity contribution in [1.29, 1.82) is 0 Å². The average molecular weight is 436 g/mol. The van der Waals surface area contributed by atoms with E-state index < -0.39 is 0 Å². The second-order valence-corrected chi connectivity index (χ2v) is 7.02. The summed E-state index contributed by atoms with van der Waals surface area (Å²) in [5.41, 5.74) is 2.46. The molecule has 0 unspecified atom stereocenters. The summed E-state index contributed by atoms with van der Waals surface area (Å²) in [6, 6.07) is 23.2. The van der Waals surface area contributed by atoms with Gasteiger partial charge in [0.15, 0.2) is 5.11 Å². The summed E-state index contributed by atoms with van der Waals surface area (Å²) >= 11 is 11.2. The van der Waals surface area contributed by atoms with E-state index in [0.29, 0.717) is 22.0 Å². The minimum atomic E-state index is -0.348. The highest BCUT2D eigenvalue weighted by molar-refractivity contribution is 7.80. The van der Waals surface area contributed by atoms with Gasteiger partial charge < -0.3 is 10.6 Å². The van der Waals surface area contributed by atoms with E-state index in [9.17, 15) is 9.59 Å². The van der Waals surface area contributed by atoms with Crippen LogP contribution in [0.15, 0.2) is 84.9 Å². The number of amides is 2. The predicted molar refractivity (Wildman–Crippen MR) is 126 cm³/mol. The number of rotatable bonds is 5. The molecule has 2 amide bonds. The molecule has 0 fully saturated rings. The number of halogens is 1. The van der Waals surface area contributed by atoms with E-state index in [1.165, 1.54) is 6.08 Å². The molecule has 7 heteroatoms. The number of benzene rings is 3. The molecule has 3 aromatic rings. The van der Waals surface area contributed by atoms with Gasteiger partial charge in [0.2, 0.25) is 5.91 Å². The lowest BCUT2D eigenvalue weighted by Crippen LogP contribution is -2.32. The Morgan fingerprint density at radius 3 is 2.23 bits per heavy atom. The second-order valence-electron chi connectivity index (χ2n) is 6.20. The SMILES string of the molecule is O=C(C=Cc1ccccc1)NC(=S)Nc1cccc(NC(=O)c2ccccc2Cl)c1. The summed E-state index contributed by atoms with van der Waals surface area (Å²) in [5.74, 6) is -0.667. The zero-order valence-electron chi connectivity index (χ0n) is 15.8. The van der Waals surface area contributed by atoms with Crippen molar-refractivity contribution in [3.63, 3.8) is 0 Å². The summed E-state index contributed by atoms with van der Waals surface area (Å²) in [4.78, 5) is 24.4. The molecule has 0 saturated carbocycles. The highest BCUT2D eigenvalue weighted by atomic mass is 35.5. The summed E-state index contributed by atoms with van der Waals surface area (Å²) in [6.07, 6.45) is 3.10. The van der Waals surface area contributed by atoms with E-state index in [1.54, 1.807) is 54.6 Å². The molecule has 0 radical (unpaired) electrons. The van der Waals surface area contributed by atoms with E-state index in [0.717, 1.165) is 5.56 Å². The first-order valence-electron chi connectivity index (χ1n) is 9.02. The third-order valence-corrected chi connectivity index (χ3v) is 4.49. The van der Waals surface area contributed by atoms with E-state index in [2.05, 4.69) is 16.0 Å². The molecule has 3 rings (SSSR count). The van der Waals surface area contributed by atoms with E-state index in [1.807, 2.05) is 30.3 Å². The molecule has 0 aliphatic carbocycles. The van der Waals surface area contributed by atoms with Crippen LogP contribution in [-0.4, -0.2) is 16.9 Å². The molecule has 0 bridgehead atoms. The maximum atomic E-state index is 12.4. The van der Waals surface area contributed by atoms with Crippen LogP contribution in [0, 0.1) is 0 Å². The van der Waals surface area contributed by atoms with Crippen LogP contribution in [0.5, 0.6) is 0 Å². The van der Waals surface area contributed by atoms with E-state index in [-0.39, 0.29) is 16.9 Å². The number of nitrogens with one attached hydrogen (secondary N) is 3. The molecule has 3 aromatic carbocycles. The molecule has 5 nitrogen and oxygen atoms in total. The molecule has 0 spiro atoms. The summed E-state index contributed by atoms with van der Waals surface area (Å²) in [7, 11) is 0. The average Bonchev–Trinajstić information content (AvgIpc) is 2.73. The van der Waals surface area contributed by atoms with Gasteiger partial charge in [-0.3, -0.25) is 14.9 Å². The standard InChI is InChI=1S/C23H18ClN3O2S/c24-20-12-5-4-11-19(20)22(29)25-17-9-6-10-18(15-17)26-23(30)27-21(28)14-13-16-7-2-1-3-8-16/h1-15H,(H,25,29)(H2,26,27,28,30). The van der Waals surface area contributed by atoms with Crippen molar-refractivity contribution in [1.82, 2.24) is 5.32 Å². The Hall–Kier alpha value is -3.48. The molecule has 0 saturated heterocycles. The Kier molecular flexibility index (Phi) is 7.32. The maximum Gasteiger partial charge on any atom is 0.257 e. The van der Waals surface area contributed by atoms with E-state index >= 15 is 0 Å². The predicted octanol–water partition coefficient (Wildman–Crippen LogP) is 5.12. The molecule has 0 aliphatic heterocycles. The molecule has 0 aliphatic rings. The quantitative estimate of drug-likeness (QED) is 0.384. The van der Waals surface area contributed by atoms with Crippen LogP contribution in [0.25, 0.3) is 6.08 Å². The fourth-order valence-corrected chi connectivity index (χ4v) is 3.01. The van der Waals surface area contributed by atoms with Gasteiger partial charge in [0.1, 0.15) is 0 Å². The highest BCUT2D eigenvalue weighted by Crippen LogP contribution is 2.19. The highest BCUT2D eigenvalue weighted by Gasteiger charge is 2.10. The van der Waals surface area contributed by atoms with Crippen LogP contribution < -0.4 is 16.0 Å². The molecule has 3 N–H and O–H groups in total. The Bertz CT molecular complexity index is 1100. The van der Waals surface area contributed by atoms with Gasteiger partial charge in [-0.15, -0.1) is 0 Å². The lowest BCUT2D eigenvalue weighted by atomic mass is 10.2. The number of thiocarbonyl (C=S) groups is 1. The van der Waals surface area contributed by atoms with Crippen LogP contribution in [0.4, 0.5) is 11.4 Å². The van der Waals surface area contributed by atoms with Crippen LogP contribution in [0.3, 0.4) is 0 Å². The zero-order chi connectivity index (χ0) is 21.3. The smallest absolute Gasteiger partial charge is 0.257 e. The van der Waals surface area contributed by atoms with Gasteiger partial charge in [0.25, 0.3) is 5.91 Å². The first kappa shape index (κ1) is 21.2. The summed E-state index contributed by atoms with van der Waals surface area (Å²) in [6.45, 7) is 0. The Balaban J connectivity index is 1.57. The third kappa shape index (κ3) is 6.27. The Labute approximate surface area is 184 Å². The molecule has 0 atom stereocenters. The summed E-state index contributed by atoms with van der Waals surface area (Å²) in [5, 5.41) is 8.81. The van der Waals surface area contributed by atoms with Crippen LogP contribution in [-0.2, 0) is 4.79 Å². The second kappa shape index (κ2) is 10.3. The van der Waals surface area contributed by atoms with Crippen molar-refractivity contribution in [2.45, 2.75) is 0 Å². The van der Waals surface area contributed by atoms with Gasteiger partial charge in [-0.05, 0) is 54.2 Å². The van der Waals surface area contributed by atoms with Crippen molar-refractivity contribution < 1.29 is 9.59 Å². The molecule has 0 heterocycles. The van der Waals surface area contributed by atoms with Crippen molar-refractivity contribution in [2.24, 2.45) is 0 Å². The molecule has 150 valence electrons. The van der Waals surface area contributed by atoms with Crippen LogP contribution >= 0.6 is 23.8 Å². The van der Waals surface area contributed by atoms with Crippen LogP contribution in [0.1, 0.15) is 15.9 Å². The third-order valence-electron chi connectivity index (χ3n) is 3.96. The fourth-order valence-electron chi connectivity index (χ4n) is 2.57. The summed E-state index contributed by atoms with van der Waals surface area (Å²) < 4.78 is 0. The van der Waals surface area contributed by atoms with Gasteiger partial charge in [-0.25, -0.2) is 0 Å². The van der Waals surface area contributed by atoms with Gasteiger partial charge in [-0.1, -0.05) is 60.1 Å². The monoisotopic (exact) mass is 435 g/mol. The Morgan fingerprint density at radius 2 is 1.50 bits per heavy atom. The zero-order valence-corrected chi connectivity index (χ0v) is 17.3. The van der Waals surface area contributed by atoms with Gasteiger partial charge in [-0.2, -0.15) is 0 Å². The lowest BCUT2D eigenvalue weighted by molar-refractivity contribution is -0.115. The molecular formula is C23H18ClN3O2S. The first-order valence-corrected chi connectivity index (χ1v) is 9.81. The van der Waals surface area contributed by atoms with Crippen LogP contribution in [0.2, 0.25) is 5.02 Å². The van der Waals surface area contributed by atoms with Gasteiger partial charge in [0.05, 0.1) is 10.6 Å². The normalized spacial score (nSPS) is 10.4. The number of hydrogen-bond donors (Lipinski definition) is 3. The van der Waals surface area contributed by atoms with Crippen molar-refractivity contribution in [2.75, 3.05) is 10.6 Å². The largest absolute Gasteiger partial charge is 0.332 e. The number of hydrogen-bond acceptors (Lipinski definition) is 3. The molecule has 0 aromatic heterocycles. The first-order chi connectivity index (χ1) is 14.5. The fraction of sp³-hybridized carbons (Fsp3) is 0. The molecular weight excluding hydrogens is 418 g/mol. The lowest BCUT2D eigenvalue weighted by Gasteiger charge is -2.11. The number of carbonyl (C=O) groups is 2. The van der Waals surface area contributed by atoms with Crippen molar-refractivity contribution in [3.8, 4) is 0 Å². The van der Waals surface area contributed by atoms with E-state index in [4.69, 9.17) is 23.8 Å². The van der Waals surface area contributed by atoms with Gasteiger partial charge in [0, 0.05) is 17.5 Å². The maximum absolute atomic E-state index is 12.4. The minimum Gasteiger partial charge on any atom is -0.332 e. The number of anilines is 2. The minimum absolute atomic E-state index is 0.146. The number of carbonyl (C=O) groups excluding carboxylic acids is 2. The topological polar surface area (TPSA) is 70.2 Å². The van der Waals surface area contributed by atoms with Gasteiger partial charge >= 0.3 is 0 Å². The van der Waals surface area contributed by atoms with Crippen molar-refractivity contribution >= 4 is 58.2 Å². The molecule has 30 heavy (non-hydrogen) atoms. The van der Waals surface area contributed by atoms with Crippen molar-refractivity contribution in [3.05, 3.63) is 101 Å². The Morgan fingerprint density at radius 1 is 0.833 bits per heavy atom.